The number of benzene rings is 1. The van der Waals surface area contributed by atoms with Crippen LogP contribution in [0.1, 0.15) is 37.5 Å². The van der Waals surface area contributed by atoms with Crippen LogP contribution in [0.2, 0.25) is 0 Å². The summed E-state index contributed by atoms with van der Waals surface area (Å²) in [5, 5.41) is 25.3. The summed E-state index contributed by atoms with van der Waals surface area (Å²) in [5.74, 6) is -0.150. The molecule has 2 N–H and O–H groups in total. The molecule has 0 aliphatic carbocycles. The number of aryl methyl sites for hydroxylation is 1. The second kappa shape index (κ2) is 8.96. The second-order valence-electron chi connectivity index (χ2n) is 7.70. The van der Waals surface area contributed by atoms with Crippen molar-refractivity contribution in [3.8, 4) is 0 Å². The minimum atomic E-state index is -0.467. The summed E-state index contributed by atoms with van der Waals surface area (Å²) in [7, 11) is 0. The van der Waals surface area contributed by atoms with Crippen molar-refractivity contribution < 1.29 is 14.6 Å². The van der Waals surface area contributed by atoms with Gasteiger partial charge in [-0.1, -0.05) is 51.2 Å². The molecule has 6 nitrogen and oxygen atoms in total. The van der Waals surface area contributed by atoms with Crippen LogP contribution < -0.4 is 9.88 Å². The number of nitro benzene ring substituents is 1. The Bertz CT molecular complexity index is 974. The molecule has 0 fully saturated rings. The average molecular weight is 413 g/mol. The standard InChI is InChI=1S/C22H25N3O3S/c1-6-11-23-21(29)19(24-12-9-17(10-13-24)22(3,4)5)20(26)16-8-7-15(2)18(14-16)25(27)28/h6-10,12-14H,1,11H2,2-5H3,(H-,23,26,29)/p+1. The van der Waals surface area contributed by atoms with Gasteiger partial charge in [-0.15, -0.1) is 6.58 Å². The molecule has 1 heterocycles. The first-order chi connectivity index (χ1) is 13.6. The zero-order valence-electron chi connectivity index (χ0n) is 17.1. The molecule has 1 aromatic heterocycles. The number of nitrogens with zero attached hydrogens (tertiary/aromatic N) is 2. The predicted molar refractivity (Wildman–Crippen MR) is 120 cm³/mol. The Labute approximate surface area is 176 Å². The number of aromatic nitrogens is 1. The summed E-state index contributed by atoms with van der Waals surface area (Å²) in [6, 6.07) is 8.51. The average Bonchev–Trinajstić information content (AvgIpc) is 2.66. The number of thiocarbonyl (C=S) groups is 1. The first kappa shape index (κ1) is 22.2. The fourth-order valence-corrected chi connectivity index (χ4v) is 3.05. The number of nitro groups is 1. The summed E-state index contributed by atoms with van der Waals surface area (Å²) in [6.45, 7) is 12.1. The van der Waals surface area contributed by atoms with E-state index in [0.29, 0.717) is 28.4 Å². The number of pyridine rings is 1. The molecule has 2 rings (SSSR count). The molecule has 29 heavy (non-hydrogen) atoms. The number of rotatable bonds is 6. The lowest BCUT2D eigenvalue weighted by Gasteiger charge is -2.18. The molecule has 0 aliphatic heterocycles. The molecule has 0 bridgehead atoms. The lowest BCUT2D eigenvalue weighted by molar-refractivity contribution is -0.576. The highest BCUT2D eigenvalue weighted by Crippen LogP contribution is 2.25. The lowest BCUT2D eigenvalue weighted by Crippen LogP contribution is -2.41. The third-order valence-electron chi connectivity index (χ3n) is 4.48. The third-order valence-corrected chi connectivity index (χ3v) is 4.82. The van der Waals surface area contributed by atoms with E-state index in [9.17, 15) is 15.2 Å². The van der Waals surface area contributed by atoms with Crippen molar-refractivity contribution >= 4 is 34.3 Å². The van der Waals surface area contributed by atoms with Gasteiger partial charge in [-0.3, -0.25) is 10.1 Å². The number of hydrogen-bond acceptors (Lipinski definition) is 4. The molecule has 0 saturated carbocycles. The van der Waals surface area contributed by atoms with Crippen molar-refractivity contribution in [3.63, 3.8) is 0 Å². The van der Waals surface area contributed by atoms with Gasteiger partial charge in [0.2, 0.25) is 0 Å². The maximum absolute atomic E-state index is 11.3. The lowest BCUT2D eigenvalue weighted by atomic mass is 9.88. The highest BCUT2D eigenvalue weighted by molar-refractivity contribution is 7.81. The smallest absolute Gasteiger partial charge is 0.288 e. The van der Waals surface area contributed by atoms with Crippen molar-refractivity contribution in [2.75, 3.05) is 6.54 Å². The molecule has 0 unspecified atom stereocenters. The largest absolute Gasteiger partial charge is 0.502 e. The van der Waals surface area contributed by atoms with E-state index < -0.39 is 4.92 Å². The van der Waals surface area contributed by atoms with Crippen LogP contribution in [0.15, 0.2) is 55.4 Å². The monoisotopic (exact) mass is 412 g/mol. The van der Waals surface area contributed by atoms with Gasteiger partial charge in [-0.25, -0.2) is 0 Å². The van der Waals surface area contributed by atoms with Crippen LogP contribution in [0.3, 0.4) is 0 Å². The Hall–Kier alpha value is -3.06. The van der Waals surface area contributed by atoms with Crippen molar-refractivity contribution in [1.29, 1.82) is 0 Å². The Balaban J connectivity index is 2.63. The van der Waals surface area contributed by atoms with E-state index in [2.05, 4.69) is 32.7 Å². The summed E-state index contributed by atoms with van der Waals surface area (Å²) < 4.78 is 1.70. The summed E-state index contributed by atoms with van der Waals surface area (Å²) >= 11 is 5.48. The van der Waals surface area contributed by atoms with E-state index in [0.717, 1.165) is 5.56 Å². The third kappa shape index (κ3) is 5.26. The Morgan fingerprint density at radius 1 is 1.31 bits per heavy atom. The van der Waals surface area contributed by atoms with Gasteiger partial charge in [-0.05, 0) is 17.9 Å². The van der Waals surface area contributed by atoms with E-state index in [1.807, 2.05) is 24.5 Å². The maximum atomic E-state index is 11.3. The minimum absolute atomic E-state index is 0.0236. The van der Waals surface area contributed by atoms with Gasteiger partial charge < -0.3 is 10.4 Å². The molecular formula is C22H26N3O3S+. The van der Waals surface area contributed by atoms with Gasteiger partial charge in [0.05, 0.1) is 4.92 Å². The summed E-state index contributed by atoms with van der Waals surface area (Å²) in [4.78, 5) is 11.1. The van der Waals surface area contributed by atoms with E-state index in [4.69, 9.17) is 12.2 Å². The van der Waals surface area contributed by atoms with Crippen LogP contribution in [0, 0.1) is 17.0 Å². The van der Waals surface area contributed by atoms with Gasteiger partial charge in [0.25, 0.3) is 11.4 Å². The van der Waals surface area contributed by atoms with Crippen LogP contribution in [0.5, 0.6) is 0 Å². The number of nitrogens with one attached hydrogen (secondary N) is 1. The number of hydrogen-bond donors (Lipinski definition) is 2. The van der Waals surface area contributed by atoms with Gasteiger partial charge >= 0.3 is 0 Å². The quantitative estimate of drug-likeness (QED) is 0.139. The molecular weight excluding hydrogens is 386 g/mol. The van der Waals surface area contributed by atoms with Crippen LogP contribution in [-0.4, -0.2) is 21.6 Å². The molecule has 0 radical (unpaired) electrons. The number of aliphatic hydroxyl groups is 1. The Morgan fingerprint density at radius 2 is 1.93 bits per heavy atom. The molecule has 0 aliphatic rings. The van der Waals surface area contributed by atoms with Gasteiger partial charge in [0, 0.05) is 35.9 Å². The molecule has 0 saturated heterocycles. The first-order valence-corrected chi connectivity index (χ1v) is 9.57. The van der Waals surface area contributed by atoms with Crippen molar-refractivity contribution in [2.24, 2.45) is 0 Å². The van der Waals surface area contributed by atoms with E-state index in [1.54, 1.807) is 29.7 Å². The molecule has 1 aromatic carbocycles. The van der Waals surface area contributed by atoms with Crippen molar-refractivity contribution in [3.05, 3.63) is 82.2 Å². The van der Waals surface area contributed by atoms with Crippen LogP contribution in [0.25, 0.3) is 11.5 Å². The normalized spacial score (nSPS) is 12.1. The first-order valence-electron chi connectivity index (χ1n) is 9.16. The van der Waals surface area contributed by atoms with Gasteiger partial charge in [-0.2, -0.15) is 4.57 Å². The maximum Gasteiger partial charge on any atom is 0.288 e. The van der Waals surface area contributed by atoms with Crippen molar-refractivity contribution in [1.82, 2.24) is 5.32 Å². The van der Waals surface area contributed by atoms with Crippen LogP contribution in [0.4, 0.5) is 5.69 Å². The highest BCUT2D eigenvalue weighted by Gasteiger charge is 2.26. The Morgan fingerprint density at radius 3 is 2.45 bits per heavy atom. The molecule has 0 spiro atoms. The molecule has 0 amide bonds. The van der Waals surface area contributed by atoms with Crippen LogP contribution in [-0.2, 0) is 5.41 Å². The Kier molecular flexibility index (Phi) is 6.87. The second-order valence-corrected chi connectivity index (χ2v) is 8.11. The zero-order chi connectivity index (χ0) is 21.8. The van der Waals surface area contributed by atoms with Gasteiger partial charge in [0.15, 0.2) is 23.1 Å². The topological polar surface area (TPSA) is 79.3 Å². The zero-order valence-corrected chi connectivity index (χ0v) is 17.9. The molecule has 152 valence electrons. The van der Waals surface area contributed by atoms with E-state index >= 15 is 0 Å². The molecule has 0 atom stereocenters. The number of aliphatic hydroxyl groups excluding tert-OH is 1. The van der Waals surface area contributed by atoms with E-state index in [1.165, 1.54) is 6.07 Å². The predicted octanol–water partition coefficient (Wildman–Crippen LogP) is 4.48. The summed E-state index contributed by atoms with van der Waals surface area (Å²) in [6.07, 6.45) is 5.29. The SMILES string of the molecule is C=CCNC(=S)/C(=C(/O)c1ccc(C)c([N+](=O)[O-])c1)[n+]1ccc(C(C)(C)C)cc1. The molecule has 7 heteroatoms. The van der Waals surface area contributed by atoms with Crippen molar-refractivity contribution in [2.45, 2.75) is 33.1 Å². The van der Waals surface area contributed by atoms with E-state index in [-0.39, 0.29) is 16.9 Å². The van der Waals surface area contributed by atoms with Crippen LogP contribution >= 0.6 is 12.2 Å². The summed E-state index contributed by atoms with van der Waals surface area (Å²) in [5.41, 5.74) is 2.20. The van der Waals surface area contributed by atoms with Gasteiger partial charge in [0.1, 0.15) is 0 Å². The highest BCUT2D eigenvalue weighted by atomic mass is 32.1. The fourth-order valence-electron chi connectivity index (χ4n) is 2.76. The molecule has 2 aromatic rings. The fraction of sp³-hybridized carbons (Fsp3) is 0.273. The minimum Gasteiger partial charge on any atom is -0.502 e.